The molecular weight excluding hydrogens is 506 g/mol. The molecule has 0 aliphatic rings. The molecular formula is C24H17N3O5S3. The molecule has 1 N–H and O–H groups in total. The normalized spacial score (nSPS) is 11.1. The number of benzene rings is 2. The Balaban J connectivity index is 1.56. The number of hydrogen-bond donors (Lipinski definition) is 1. The quantitative estimate of drug-likeness (QED) is 0.147. The summed E-state index contributed by atoms with van der Waals surface area (Å²) in [7, 11) is 0. The molecule has 0 saturated heterocycles. The second-order valence-electron chi connectivity index (χ2n) is 7.51. The first kappa shape index (κ1) is 23.1. The van der Waals surface area contributed by atoms with Crippen LogP contribution in [-0.2, 0) is 4.74 Å². The maximum atomic E-state index is 13.2. The Morgan fingerprint density at radius 1 is 1.09 bits per heavy atom. The Bertz CT molecular complexity index is 1600. The van der Waals surface area contributed by atoms with Gasteiger partial charge in [-0.05, 0) is 43.7 Å². The molecule has 0 spiro atoms. The lowest BCUT2D eigenvalue weighted by Crippen LogP contribution is -2.09. The van der Waals surface area contributed by atoms with Crippen LogP contribution in [0.5, 0.6) is 0 Å². The van der Waals surface area contributed by atoms with E-state index in [1.54, 1.807) is 19.1 Å². The molecule has 0 unspecified atom stereocenters. The molecule has 176 valence electrons. The molecule has 3 aromatic heterocycles. The number of carbonyl (C=O) groups excluding carboxylic acids is 2. The molecule has 3 heterocycles. The number of nitro groups is 1. The van der Waals surface area contributed by atoms with E-state index >= 15 is 0 Å². The fourth-order valence-electron chi connectivity index (χ4n) is 3.65. The molecule has 11 heteroatoms. The number of non-ortho nitro benzene ring substituents is 1. The summed E-state index contributed by atoms with van der Waals surface area (Å²) >= 11 is 3.87. The molecule has 8 nitrogen and oxygen atoms in total. The van der Waals surface area contributed by atoms with E-state index in [2.05, 4.69) is 5.32 Å². The van der Waals surface area contributed by atoms with E-state index in [0.717, 1.165) is 26.3 Å². The molecule has 35 heavy (non-hydrogen) atoms. The topological polar surface area (TPSA) is 111 Å². The number of para-hydroxylation sites is 1. The number of nitrogens with one attached hydrogen (secondary N) is 1. The van der Waals surface area contributed by atoms with Gasteiger partial charge in [0, 0.05) is 27.8 Å². The summed E-state index contributed by atoms with van der Waals surface area (Å²) < 4.78 is 6.98. The highest BCUT2D eigenvalue weighted by Gasteiger charge is 2.26. The van der Waals surface area contributed by atoms with Crippen LogP contribution in [-0.4, -0.2) is 28.4 Å². The minimum absolute atomic E-state index is 0.0339. The second-order valence-corrected chi connectivity index (χ2v) is 10.6. The predicted octanol–water partition coefficient (Wildman–Crippen LogP) is 6.89. The number of fused-ring (bicyclic) bond motifs is 2. The Hall–Kier alpha value is -3.67. The van der Waals surface area contributed by atoms with E-state index in [9.17, 15) is 19.7 Å². The third kappa shape index (κ3) is 4.29. The van der Waals surface area contributed by atoms with Gasteiger partial charge in [-0.15, -0.1) is 34.0 Å². The van der Waals surface area contributed by atoms with E-state index in [1.807, 2.05) is 31.2 Å². The van der Waals surface area contributed by atoms with Crippen molar-refractivity contribution in [2.45, 2.75) is 13.8 Å². The molecule has 0 aliphatic carbocycles. The summed E-state index contributed by atoms with van der Waals surface area (Å²) in [4.78, 5) is 42.0. The van der Waals surface area contributed by atoms with E-state index in [0.29, 0.717) is 36.3 Å². The number of rotatable bonds is 6. The summed E-state index contributed by atoms with van der Waals surface area (Å²) in [5.74, 6) is -0.820. The Morgan fingerprint density at radius 3 is 2.63 bits per heavy atom. The average molecular weight is 524 g/mol. The number of nitro benzene ring substituents is 1. The minimum Gasteiger partial charge on any atom is -0.462 e. The second kappa shape index (κ2) is 9.17. The molecule has 0 atom stereocenters. The molecule has 0 saturated carbocycles. The number of nitrogens with zero attached hydrogens (tertiary/aromatic N) is 2. The zero-order valence-electron chi connectivity index (χ0n) is 18.5. The van der Waals surface area contributed by atoms with Crippen molar-refractivity contribution in [2.75, 3.05) is 11.9 Å². The lowest BCUT2D eigenvalue weighted by atomic mass is 10.1. The molecule has 5 rings (SSSR count). The number of thiophene rings is 2. The smallest absolute Gasteiger partial charge is 0.348 e. The average Bonchev–Trinajstić information content (AvgIpc) is 3.53. The van der Waals surface area contributed by atoms with Crippen LogP contribution in [0.1, 0.15) is 31.8 Å². The predicted molar refractivity (Wildman–Crippen MR) is 140 cm³/mol. The van der Waals surface area contributed by atoms with Gasteiger partial charge in [-0.2, -0.15) is 0 Å². The van der Waals surface area contributed by atoms with Crippen molar-refractivity contribution in [3.63, 3.8) is 0 Å². The van der Waals surface area contributed by atoms with Crippen LogP contribution in [0.3, 0.4) is 0 Å². The number of anilines is 1. The highest BCUT2D eigenvalue weighted by Crippen LogP contribution is 2.44. The third-order valence-electron chi connectivity index (χ3n) is 5.28. The first-order chi connectivity index (χ1) is 16.9. The number of thiazole rings is 1. The Labute approximate surface area is 211 Å². The first-order valence-corrected chi connectivity index (χ1v) is 13.0. The van der Waals surface area contributed by atoms with E-state index in [4.69, 9.17) is 9.72 Å². The van der Waals surface area contributed by atoms with Crippen LogP contribution in [0.4, 0.5) is 10.7 Å². The van der Waals surface area contributed by atoms with Gasteiger partial charge in [-0.25, -0.2) is 9.78 Å². The zero-order valence-corrected chi connectivity index (χ0v) is 20.9. The summed E-state index contributed by atoms with van der Waals surface area (Å²) in [6, 6.07) is 13.9. The van der Waals surface area contributed by atoms with Crippen molar-refractivity contribution in [1.82, 2.24) is 4.98 Å². The summed E-state index contributed by atoms with van der Waals surface area (Å²) in [5.41, 5.74) is 2.17. The summed E-state index contributed by atoms with van der Waals surface area (Å²) in [5, 5.41) is 15.8. The molecule has 1 amide bonds. The summed E-state index contributed by atoms with van der Waals surface area (Å²) in [6.45, 7) is 3.80. The lowest BCUT2D eigenvalue weighted by molar-refractivity contribution is -0.384. The van der Waals surface area contributed by atoms with Gasteiger partial charge in [0.25, 0.3) is 11.6 Å². The van der Waals surface area contributed by atoms with Crippen molar-refractivity contribution in [3.8, 4) is 10.6 Å². The zero-order chi connectivity index (χ0) is 24.7. The van der Waals surface area contributed by atoms with Gasteiger partial charge in [0.15, 0.2) is 0 Å². The van der Waals surface area contributed by atoms with Crippen LogP contribution >= 0.6 is 34.0 Å². The fraction of sp³-hybridized carbons (Fsp3) is 0.125. The number of ether oxygens (including phenoxy) is 1. The maximum Gasteiger partial charge on any atom is 0.348 e. The third-order valence-corrected chi connectivity index (χ3v) is 8.63. The van der Waals surface area contributed by atoms with Crippen LogP contribution in [0, 0.1) is 17.0 Å². The molecule has 0 aliphatic heterocycles. The van der Waals surface area contributed by atoms with Gasteiger partial charge in [-0.3, -0.25) is 14.9 Å². The maximum absolute atomic E-state index is 13.2. The standard InChI is InChI=1S/C24H17N3O5S3/c1-3-32-24(29)20-12(2)19(22-25-15-6-4-5-7-17(15)34-22)23(35-20)26-21(28)18-11-13-10-14(27(30)31)8-9-16(13)33-18/h4-11H,3H2,1-2H3,(H,26,28). The van der Waals surface area contributed by atoms with Crippen molar-refractivity contribution < 1.29 is 19.2 Å². The Morgan fingerprint density at radius 2 is 1.89 bits per heavy atom. The highest BCUT2D eigenvalue weighted by atomic mass is 32.1. The fourth-order valence-corrected chi connectivity index (χ4v) is 6.82. The molecule has 0 radical (unpaired) electrons. The van der Waals surface area contributed by atoms with Crippen molar-refractivity contribution >= 4 is 76.9 Å². The molecule has 5 aromatic rings. The van der Waals surface area contributed by atoms with Crippen molar-refractivity contribution in [1.29, 1.82) is 0 Å². The van der Waals surface area contributed by atoms with Gasteiger partial charge in [0.05, 0.1) is 26.6 Å². The number of hydrogen-bond acceptors (Lipinski definition) is 9. The lowest BCUT2D eigenvalue weighted by Gasteiger charge is -2.04. The first-order valence-electron chi connectivity index (χ1n) is 10.5. The SMILES string of the molecule is CCOC(=O)c1sc(NC(=O)c2cc3cc([N+](=O)[O-])ccc3s2)c(-c2nc3ccccc3s2)c1C. The van der Waals surface area contributed by atoms with Crippen LogP contribution in [0.15, 0.2) is 48.5 Å². The molecule has 0 fully saturated rings. The number of esters is 1. The highest BCUT2D eigenvalue weighted by molar-refractivity contribution is 7.23. The van der Waals surface area contributed by atoms with E-state index < -0.39 is 10.9 Å². The minimum atomic E-state index is -0.466. The van der Waals surface area contributed by atoms with Gasteiger partial charge in [0.1, 0.15) is 14.9 Å². The monoisotopic (exact) mass is 523 g/mol. The van der Waals surface area contributed by atoms with Gasteiger partial charge in [-0.1, -0.05) is 12.1 Å². The summed E-state index contributed by atoms with van der Waals surface area (Å²) in [6.07, 6.45) is 0. The van der Waals surface area contributed by atoms with Crippen molar-refractivity contribution in [3.05, 3.63) is 74.0 Å². The van der Waals surface area contributed by atoms with Gasteiger partial charge < -0.3 is 10.1 Å². The number of amides is 1. The van der Waals surface area contributed by atoms with Crippen LogP contribution < -0.4 is 5.32 Å². The largest absolute Gasteiger partial charge is 0.462 e. The van der Waals surface area contributed by atoms with Crippen LogP contribution in [0.25, 0.3) is 30.9 Å². The van der Waals surface area contributed by atoms with E-state index in [-0.39, 0.29) is 18.2 Å². The van der Waals surface area contributed by atoms with Crippen LogP contribution in [0.2, 0.25) is 0 Å². The van der Waals surface area contributed by atoms with Crippen molar-refractivity contribution in [2.24, 2.45) is 0 Å². The molecule has 0 bridgehead atoms. The van der Waals surface area contributed by atoms with E-state index in [1.165, 1.54) is 34.8 Å². The van der Waals surface area contributed by atoms with Gasteiger partial charge >= 0.3 is 5.97 Å². The number of carbonyl (C=O) groups is 2. The Kier molecular flexibility index (Phi) is 6.05. The molecule has 2 aromatic carbocycles. The number of aromatic nitrogens is 1. The van der Waals surface area contributed by atoms with Gasteiger partial charge in [0.2, 0.25) is 0 Å².